The zero-order valence-corrected chi connectivity index (χ0v) is 14.8. The Balaban J connectivity index is 1.38. The molecule has 1 N–H and O–H groups in total. The highest BCUT2D eigenvalue weighted by atomic mass is 16.5. The smallest absolute Gasteiger partial charge is 0.225 e. The molecule has 5 heteroatoms. The molecule has 1 fully saturated rings. The fourth-order valence-electron chi connectivity index (χ4n) is 3.08. The zero-order chi connectivity index (χ0) is 18.2. The maximum atomic E-state index is 12.3. The van der Waals surface area contributed by atoms with E-state index in [9.17, 15) is 9.59 Å². The summed E-state index contributed by atoms with van der Waals surface area (Å²) in [5, 5.41) is 2.87. The summed E-state index contributed by atoms with van der Waals surface area (Å²) < 4.78 is 5.56. The van der Waals surface area contributed by atoms with Gasteiger partial charge in [0.15, 0.2) is 0 Å². The van der Waals surface area contributed by atoms with Gasteiger partial charge in [-0.2, -0.15) is 0 Å². The number of amides is 2. The van der Waals surface area contributed by atoms with Gasteiger partial charge in [0.25, 0.3) is 0 Å². The number of nitrogens with one attached hydrogen (secondary N) is 1. The van der Waals surface area contributed by atoms with Crippen LogP contribution in [0.15, 0.2) is 60.7 Å². The van der Waals surface area contributed by atoms with Crippen LogP contribution in [0.4, 0.5) is 0 Å². The van der Waals surface area contributed by atoms with Crippen LogP contribution in [0.3, 0.4) is 0 Å². The van der Waals surface area contributed by atoms with Gasteiger partial charge in [-0.05, 0) is 24.1 Å². The molecule has 0 aliphatic carbocycles. The van der Waals surface area contributed by atoms with Crippen molar-refractivity contribution < 1.29 is 14.3 Å². The molecule has 1 unspecified atom stereocenters. The number of rotatable bonds is 8. The van der Waals surface area contributed by atoms with Crippen LogP contribution in [0, 0.1) is 5.92 Å². The number of para-hydroxylation sites is 1. The zero-order valence-electron chi connectivity index (χ0n) is 14.8. The van der Waals surface area contributed by atoms with Crippen LogP contribution in [0.2, 0.25) is 0 Å². The van der Waals surface area contributed by atoms with Gasteiger partial charge in [-0.1, -0.05) is 48.5 Å². The van der Waals surface area contributed by atoms with Gasteiger partial charge in [0.2, 0.25) is 11.8 Å². The summed E-state index contributed by atoms with van der Waals surface area (Å²) >= 11 is 0. The van der Waals surface area contributed by atoms with Gasteiger partial charge in [-0.25, -0.2) is 0 Å². The molecule has 0 radical (unpaired) electrons. The molecule has 0 bridgehead atoms. The Morgan fingerprint density at radius 1 is 1.08 bits per heavy atom. The van der Waals surface area contributed by atoms with E-state index in [1.807, 2.05) is 48.5 Å². The molecule has 3 rings (SSSR count). The number of carbonyl (C=O) groups excluding carboxylic acids is 2. The van der Waals surface area contributed by atoms with Gasteiger partial charge in [0.05, 0.1) is 12.5 Å². The highest BCUT2D eigenvalue weighted by Gasteiger charge is 2.33. The first-order valence-electron chi connectivity index (χ1n) is 8.99. The van der Waals surface area contributed by atoms with E-state index < -0.39 is 0 Å². The summed E-state index contributed by atoms with van der Waals surface area (Å²) in [6, 6.07) is 19.6. The Morgan fingerprint density at radius 3 is 2.50 bits per heavy atom. The second-order valence-electron chi connectivity index (χ2n) is 6.43. The summed E-state index contributed by atoms with van der Waals surface area (Å²) in [7, 11) is 0. The lowest BCUT2D eigenvalue weighted by molar-refractivity contribution is -0.129. The quantitative estimate of drug-likeness (QED) is 0.742. The van der Waals surface area contributed by atoms with Gasteiger partial charge in [-0.3, -0.25) is 9.59 Å². The van der Waals surface area contributed by atoms with Crippen LogP contribution < -0.4 is 10.1 Å². The Kier molecular flexibility index (Phi) is 6.25. The van der Waals surface area contributed by atoms with E-state index in [1.54, 1.807) is 4.90 Å². The first-order valence-corrected chi connectivity index (χ1v) is 8.99. The molecule has 1 saturated heterocycles. The lowest BCUT2D eigenvalue weighted by Crippen LogP contribution is -2.35. The van der Waals surface area contributed by atoms with E-state index in [1.165, 1.54) is 5.56 Å². The maximum absolute atomic E-state index is 12.3. The van der Waals surface area contributed by atoms with E-state index in [-0.39, 0.29) is 17.7 Å². The summed E-state index contributed by atoms with van der Waals surface area (Å²) in [5.74, 6) is 0.499. The summed E-state index contributed by atoms with van der Waals surface area (Å²) in [6.45, 7) is 2.00. The second kappa shape index (κ2) is 9.04. The predicted octanol–water partition coefficient (Wildman–Crippen LogP) is 2.27. The van der Waals surface area contributed by atoms with Gasteiger partial charge in [0.1, 0.15) is 12.4 Å². The Hall–Kier alpha value is -2.82. The van der Waals surface area contributed by atoms with Crippen molar-refractivity contribution in [2.45, 2.75) is 12.8 Å². The first kappa shape index (κ1) is 18.0. The molecule has 0 spiro atoms. The molecular weight excluding hydrogens is 328 g/mol. The van der Waals surface area contributed by atoms with E-state index >= 15 is 0 Å². The van der Waals surface area contributed by atoms with E-state index in [4.69, 9.17) is 4.74 Å². The van der Waals surface area contributed by atoms with Gasteiger partial charge in [0, 0.05) is 19.5 Å². The largest absolute Gasteiger partial charge is 0.492 e. The SMILES string of the molecule is O=C(NCCOc1ccccc1)C1CC(=O)N(CCc2ccccc2)C1. The summed E-state index contributed by atoms with van der Waals surface area (Å²) in [6.07, 6.45) is 1.10. The number of nitrogens with zero attached hydrogens (tertiary/aromatic N) is 1. The van der Waals surface area contributed by atoms with Gasteiger partial charge in [-0.15, -0.1) is 0 Å². The molecule has 0 saturated carbocycles. The monoisotopic (exact) mass is 352 g/mol. The fraction of sp³-hybridized carbons (Fsp3) is 0.333. The molecule has 2 aromatic carbocycles. The van der Waals surface area contributed by atoms with E-state index in [2.05, 4.69) is 17.4 Å². The summed E-state index contributed by atoms with van der Waals surface area (Å²) in [5.41, 5.74) is 1.20. The molecule has 1 heterocycles. The van der Waals surface area contributed by atoms with Crippen LogP contribution in [0.5, 0.6) is 5.75 Å². The number of hydrogen-bond acceptors (Lipinski definition) is 3. The van der Waals surface area contributed by atoms with Crippen molar-refractivity contribution in [2.75, 3.05) is 26.2 Å². The number of benzene rings is 2. The Bertz CT molecular complexity index is 719. The van der Waals surface area contributed by atoms with Gasteiger partial charge < -0.3 is 15.0 Å². The molecule has 0 aromatic heterocycles. The summed E-state index contributed by atoms with van der Waals surface area (Å²) in [4.78, 5) is 26.2. The standard InChI is InChI=1S/C21H24N2O3/c24-20-15-18(16-23(20)13-11-17-7-3-1-4-8-17)21(25)22-12-14-26-19-9-5-2-6-10-19/h1-10,18H,11-16H2,(H,22,25). The maximum Gasteiger partial charge on any atom is 0.225 e. The number of likely N-dealkylation sites (tertiary alicyclic amines) is 1. The second-order valence-corrected chi connectivity index (χ2v) is 6.43. The topological polar surface area (TPSA) is 58.6 Å². The van der Waals surface area contributed by atoms with Crippen molar-refractivity contribution in [2.24, 2.45) is 5.92 Å². The Morgan fingerprint density at radius 2 is 1.77 bits per heavy atom. The Labute approximate surface area is 154 Å². The fourth-order valence-corrected chi connectivity index (χ4v) is 3.08. The highest BCUT2D eigenvalue weighted by Crippen LogP contribution is 2.18. The lowest BCUT2D eigenvalue weighted by Gasteiger charge is -2.16. The van der Waals surface area contributed by atoms with Crippen molar-refractivity contribution in [1.82, 2.24) is 10.2 Å². The lowest BCUT2D eigenvalue weighted by atomic mass is 10.1. The van der Waals surface area contributed by atoms with Crippen LogP contribution in [0.25, 0.3) is 0 Å². The molecule has 1 atom stereocenters. The number of ether oxygens (including phenoxy) is 1. The minimum absolute atomic E-state index is 0.0571. The average Bonchev–Trinajstić information content (AvgIpc) is 3.06. The third-order valence-corrected chi connectivity index (χ3v) is 4.51. The normalized spacial score (nSPS) is 16.5. The van der Waals surface area contributed by atoms with Crippen molar-refractivity contribution >= 4 is 11.8 Å². The highest BCUT2D eigenvalue weighted by molar-refractivity contribution is 5.89. The van der Waals surface area contributed by atoms with Crippen molar-refractivity contribution in [3.8, 4) is 5.75 Å². The molecular formula is C21H24N2O3. The third kappa shape index (κ3) is 5.09. The van der Waals surface area contributed by atoms with Crippen LogP contribution in [0.1, 0.15) is 12.0 Å². The van der Waals surface area contributed by atoms with E-state index in [0.717, 1.165) is 12.2 Å². The average molecular weight is 352 g/mol. The molecule has 2 amide bonds. The van der Waals surface area contributed by atoms with Gasteiger partial charge >= 0.3 is 0 Å². The van der Waals surface area contributed by atoms with Crippen LogP contribution in [-0.2, 0) is 16.0 Å². The molecule has 1 aliphatic rings. The van der Waals surface area contributed by atoms with Crippen molar-refractivity contribution in [3.63, 3.8) is 0 Å². The first-order chi connectivity index (χ1) is 12.7. The minimum atomic E-state index is -0.269. The van der Waals surface area contributed by atoms with Crippen molar-refractivity contribution in [3.05, 3.63) is 66.2 Å². The number of carbonyl (C=O) groups is 2. The molecule has 136 valence electrons. The molecule has 26 heavy (non-hydrogen) atoms. The van der Waals surface area contributed by atoms with Crippen LogP contribution in [-0.4, -0.2) is 43.0 Å². The van der Waals surface area contributed by atoms with Crippen LogP contribution >= 0.6 is 0 Å². The third-order valence-electron chi connectivity index (χ3n) is 4.51. The van der Waals surface area contributed by atoms with Crippen molar-refractivity contribution in [1.29, 1.82) is 0 Å². The molecule has 1 aliphatic heterocycles. The molecule has 5 nitrogen and oxygen atoms in total. The number of hydrogen-bond donors (Lipinski definition) is 1. The minimum Gasteiger partial charge on any atom is -0.492 e. The van der Waals surface area contributed by atoms with E-state index in [0.29, 0.717) is 32.7 Å². The predicted molar refractivity (Wildman–Crippen MR) is 99.8 cm³/mol. The molecule has 2 aromatic rings.